The van der Waals surface area contributed by atoms with E-state index in [-0.39, 0.29) is 5.92 Å². The lowest BCUT2D eigenvalue weighted by atomic mass is 10.1. The van der Waals surface area contributed by atoms with E-state index in [1.54, 1.807) is 0 Å². The molecule has 5 heteroatoms. The van der Waals surface area contributed by atoms with Crippen LogP contribution in [0.15, 0.2) is 16.6 Å². The van der Waals surface area contributed by atoms with Crippen molar-refractivity contribution in [3.05, 3.63) is 23.9 Å². The highest BCUT2D eigenvalue weighted by atomic mass is 19.3. The van der Waals surface area contributed by atoms with Gasteiger partial charge in [0.15, 0.2) is 0 Å². The minimum Gasteiger partial charge on any atom is -0.419 e. The van der Waals surface area contributed by atoms with Gasteiger partial charge < -0.3 is 4.42 Å². The number of alkyl halides is 2. The zero-order valence-electron chi connectivity index (χ0n) is 6.78. The fourth-order valence-corrected chi connectivity index (χ4v) is 1.32. The third kappa shape index (κ3) is 1.59. The van der Waals surface area contributed by atoms with Gasteiger partial charge in [-0.15, -0.1) is 10.2 Å². The smallest absolute Gasteiger partial charge is 0.314 e. The van der Waals surface area contributed by atoms with Gasteiger partial charge in [0.2, 0.25) is 5.89 Å². The van der Waals surface area contributed by atoms with Gasteiger partial charge in [-0.2, -0.15) is 8.78 Å². The first-order chi connectivity index (χ1) is 6.27. The highest BCUT2D eigenvalue weighted by Crippen LogP contribution is 2.29. The van der Waals surface area contributed by atoms with Crippen LogP contribution in [0.2, 0.25) is 0 Å². The summed E-state index contributed by atoms with van der Waals surface area (Å²) < 4.78 is 28.9. The van der Waals surface area contributed by atoms with E-state index in [1.165, 1.54) is 0 Å². The monoisotopic (exact) mass is 186 g/mol. The van der Waals surface area contributed by atoms with Gasteiger partial charge in [-0.05, 0) is 12.8 Å². The maximum Gasteiger partial charge on any atom is 0.314 e. The van der Waals surface area contributed by atoms with Crippen molar-refractivity contribution in [3.8, 4) is 0 Å². The lowest BCUT2D eigenvalue weighted by molar-refractivity contribution is 0.112. The first kappa shape index (κ1) is 8.34. The second kappa shape index (κ2) is 3.24. The summed E-state index contributed by atoms with van der Waals surface area (Å²) in [6.45, 7) is 0. The topological polar surface area (TPSA) is 38.9 Å². The maximum atomic E-state index is 12.1. The van der Waals surface area contributed by atoms with Gasteiger partial charge in [-0.3, -0.25) is 0 Å². The average Bonchev–Trinajstić information content (AvgIpc) is 2.75. The van der Waals surface area contributed by atoms with Gasteiger partial charge in [-0.1, -0.05) is 12.2 Å². The molecule has 2 rings (SSSR count). The van der Waals surface area contributed by atoms with E-state index in [4.69, 9.17) is 4.42 Å². The van der Waals surface area contributed by atoms with Crippen LogP contribution in [0, 0.1) is 0 Å². The molecule has 0 fully saturated rings. The van der Waals surface area contributed by atoms with E-state index in [1.807, 2.05) is 12.2 Å². The van der Waals surface area contributed by atoms with E-state index in [0.29, 0.717) is 5.89 Å². The first-order valence-electron chi connectivity index (χ1n) is 4.04. The van der Waals surface area contributed by atoms with Crippen LogP contribution in [0.4, 0.5) is 8.78 Å². The summed E-state index contributed by atoms with van der Waals surface area (Å²) in [5, 5.41) is 6.85. The summed E-state index contributed by atoms with van der Waals surface area (Å²) in [7, 11) is 0. The standard InChI is InChI=1S/C8H8F2N2O/c9-6(10)8-12-11-7(13-8)5-3-1-2-4-5/h1-2,5-6H,3-4H2. The van der Waals surface area contributed by atoms with E-state index < -0.39 is 12.3 Å². The van der Waals surface area contributed by atoms with Crippen molar-refractivity contribution in [1.29, 1.82) is 0 Å². The van der Waals surface area contributed by atoms with Gasteiger partial charge in [0.25, 0.3) is 5.89 Å². The number of nitrogens with zero attached hydrogens (tertiary/aromatic N) is 2. The second-order valence-corrected chi connectivity index (χ2v) is 2.92. The molecule has 0 aromatic carbocycles. The van der Waals surface area contributed by atoms with Crippen LogP contribution in [0.25, 0.3) is 0 Å². The molecule has 1 aliphatic rings. The zero-order chi connectivity index (χ0) is 9.26. The fraction of sp³-hybridized carbons (Fsp3) is 0.500. The van der Waals surface area contributed by atoms with Crippen LogP contribution in [0.1, 0.15) is 37.0 Å². The highest BCUT2D eigenvalue weighted by Gasteiger charge is 2.22. The van der Waals surface area contributed by atoms with Crippen molar-refractivity contribution in [2.24, 2.45) is 0 Å². The third-order valence-electron chi connectivity index (χ3n) is 2.00. The Morgan fingerprint density at radius 2 is 2.00 bits per heavy atom. The Bertz CT molecular complexity index is 314. The second-order valence-electron chi connectivity index (χ2n) is 2.92. The normalized spacial score (nSPS) is 17.5. The van der Waals surface area contributed by atoms with Crippen LogP contribution < -0.4 is 0 Å². The minimum absolute atomic E-state index is 0.0972. The Morgan fingerprint density at radius 3 is 2.54 bits per heavy atom. The Balaban J connectivity index is 2.13. The Labute approximate surface area is 73.5 Å². The van der Waals surface area contributed by atoms with Gasteiger partial charge in [0.05, 0.1) is 0 Å². The molecule has 0 bridgehead atoms. The predicted octanol–water partition coefficient (Wildman–Crippen LogP) is 2.44. The Kier molecular flexibility index (Phi) is 2.08. The molecule has 0 spiro atoms. The molecule has 0 N–H and O–H groups in total. The Hall–Kier alpha value is -1.26. The van der Waals surface area contributed by atoms with Crippen LogP contribution in [-0.2, 0) is 0 Å². The summed E-state index contributed by atoms with van der Waals surface area (Å²) in [5.41, 5.74) is 0. The molecule has 1 aromatic rings. The summed E-state index contributed by atoms with van der Waals surface area (Å²) in [5.74, 6) is -0.165. The SMILES string of the molecule is FC(F)c1nnc(C2CC=CC2)o1. The van der Waals surface area contributed by atoms with Crippen LogP contribution in [0.3, 0.4) is 0 Å². The van der Waals surface area contributed by atoms with Gasteiger partial charge in [-0.25, -0.2) is 0 Å². The maximum absolute atomic E-state index is 12.1. The van der Waals surface area contributed by atoms with Crippen molar-refractivity contribution in [3.63, 3.8) is 0 Å². The molecule has 0 atom stereocenters. The van der Waals surface area contributed by atoms with Crippen molar-refractivity contribution in [2.45, 2.75) is 25.2 Å². The lowest BCUT2D eigenvalue weighted by Crippen LogP contribution is -1.92. The molecule has 0 aliphatic heterocycles. The molecule has 1 heterocycles. The number of halogens is 2. The van der Waals surface area contributed by atoms with Crippen LogP contribution >= 0.6 is 0 Å². The van der Waals surface area contributed by atoms with Gasteiger partial charge >= 0.3 is 6.43 Å². The number of allylic oxidation sites excluding steroid dienone is 2. The number of aromatic nitrogens is 2. The molecule has 0 saturated heterocycles. The van der Waals surface area contributed by atoms with Crippen molar-refractivity contribution in [1.82, 2.24) is 10.2 Å². The minimum atomic E-state index is -2.67. The average molecular weight is 186 g/mol. The zero-order valence-corrected chi connectivity index (χ0v) is 6.78. The first-order valence-corrected chi connectivity index (χ1v) is 4.04. The fourth-order valence-electron chi connectivity index (χ4n) is 1.32. The molecule has 0 unspecified atom stereocenters. The summed E-state index contributed by atoms with van der Waals surface area (Å²) in [4.78, 5) is 0. The molecule has 0 amide bonds. The molecule has 0 saturated carbocycles. The Morgan fingerprint density at radius 1 is 1.31 bits per heavy atom. The molecular weight excluding hydrogens is 178 g/mol. The van der Waals surface area contributed by atoms with Crippen molar-refractivity contribution < 1.29 is 13.2 Å². The molecule has 70 valence electrons. The number of rotatable bonds is 2. The molecule has 3 nitrogen and oxygen atoms in total. The molecule has 0 radical (unpaired) electrons. The van der Waals surface area contributed by atoms with Crippen LogP contribution in [0.5, 0.6) is 0 Å². The molecule has 1 aromatic heterocycles. The van der Waals surface area contributed by atoms with Gasteiger partial charge in [0, 0.05) is 5.92 Å². The van der Waals surface area contributed by atoms with Gasteiger partial charge in [0.1, 0.15) is 0 Å². The van der Waals surface area contributed by atoms with E-state index >= 15 is 0 Å². The van der Waals surface area contributed by atoms with E-state index in [9.17, 15) is 8.78 Å². The molecule has 1 aliphatic carbocycles. The summed E-state index contributed by atoms with van der Waals surface area (Å²) in [6, 6.07) is 0. The van der Waals surface area contributed by atoms with E-state index in [2.05, 4.69) is 10.2 Å². The molecule has 13 heavy (non-hydrogen) atoms. The summed E-state index contributed by atoms with van der Waals surface area (Å²) >= 11 is 0. The van der Waals surface area contributed by atoms with Crippen molar-refractivity contribution in [2.75, 3.05) is 0 Å². The third-order valence-corrected chi connectivity index (χ3v) is 2.00. The van der Waals surface area contributed by atoms with Crippen LogP contribution in [-0.4, -0.2) is 10.2 Å². The molecular formula is C8H8F2N2O. The predicted molar refractivity (Wildman–Crippen MR) is 40.4 cm³/mol. The number of hydrogen-bond acceptors (Lipinski definition) is 3. The largest absolute Gasteiger partial charge is 0.419 e. The highest BCUT2D eigenvalue weighted by molar-refractivity contribution is 5.06. The quantitative estimate of drug-likeness (QED) is 0.666. The van der Waals surface area contributed by atoms with Crippen molar-refractivity contribution >= 4 is 0 Å². The van der Waals surface area contributed by atoms with E-state index in [0.717, 1.165) is 12.8 Å². The summed E-state index contributed by atoms with van der Waals surface area (Å²) in [6.07, 6.45) is 2.89. The lowest BCUT2D eigenvalue weighted by Gasteiger charge is -2.00. The number of hydrogen-bond donors (Lipinski definition) is 0.